The summed E-state index contributed by atoms with van der Waals surface area (Å²) in [5.41, 5.74) is 2.53. The van der Waals surface area contributed by atoms with E-state index in [0.717, 1.165) is 43.7 Å². The third kappa shape index (κ3) is 4.40. The Morgan fingerprint density at radius 3 is 2.79 bits per heavy atom. The standard InChI is InChI=1S/C13H20N2O3S/c1-10-7-12(14-8-11-5-6-18-9-11)3-4-13(10)15-19(2,16)17/h3-4,7,11,14-15H,5-6,8-9H2,1-2H3. The Bertz CT molecular complexity index is 537. The molecule has 6 heteroatoms. The highest BCUT2D eigenvalue weighted by Crippen LogP contribution is 2.21. The van der Waals surface area contributed by atoms with Crippen LogP contribution in [0.2, 0.25) is 0 Å². The maximum atomic E-state index is 11.2. The van der Waals surface area contributed by atoms with Crippen LogP contribution in [0.1, 0.15) is 12.0 Å². The first-order valence-electron chi connectivity index (χ1n) is 6.34. The van der Waals surface area contributed by atoms with Crippen molar-refractivity contribution in [2.45, 2.75) is 13.3 Å². The topological polar surface area (TPSA) is 67.4 Å². The lowest BCUT2D eigenvalue weighted by Gasteiger charge is -2.13. The monoisotopic (exact) mass is 284 g/mol. The molecule has 19 heavy (non-hydrogen) atoms. The van der Waals surface area contributed by atoms with Crippen LogP contribution in [0.3, 0.4) is 0 Å². The van der Waals surface area contributed by atoms with E-state index in [0.29, 0.717) is 11.6 Å². The van der Waals surface area contributed by atoms with Gasteiger partial charge in [0.05, 0.1) is 18.6 Å². The van der Waals surface area contributed by atoms with Gasteiger partial charge in [-0.15, -0.1) is 0 Å². The van der Waals surface area contributed by atoms with Gasteiger partial charge in [0.25, 0.3) is 0 Å². The fourth-order valence-electron chi connectivity index (χ4n) is 2.09. The molecule has 1 aromatic rings. The molecule has 1 aliphatic rings. The molecule has 1 atom stereocenters. The molecule has 1 fully saturated rings. The van der Waals surface area contributed by atoms with Gasteiger partial charge in [0.2, 0.25) is 10.0 Å². The fourth-order valence-corrected chi connectivity index (χ4v) is 2.72. The van der Waals surface area contributed by atoms with E-state index in [1.54, 1.807) is 6.07 Å². The van der Waals surface area contributed by atoms with E-state index < -0.39 is 10.0 Å². The van der Waals surface area contributed by atoms with Gasteiger partial charge in [-0.1, -0.05) is 0 Å². The molecule has 1 saturated heterocycles. The summed E-state index contributed by atoms with van der Waals surface area (Å²) in [6.07, 6.45) is 2.25. The van der Waals surface area contributed by atoms with Crippen LogP contribution < -0.4 is 10.0 Å². The largest absolute Gasteiger partial charge is 0.385 e. The normalized spacial score (nSPS) is 19.4. The van der Waals surface area contributed by atoms with E-state index >= 15 is 0 Å². The lowest BCUT2D eigenvalue weighted by Crippen LogP contribution is -2.14. The number of hydrogen-bond acceptors (Lipinski definition) is 4. The molecule has 0 amide bonds. The van der Waals surface area contributed by atoms with Crippen LogP contribution in [0.25, 0.3) is 0 Å². The average molecular weight is 284 g/mol. The Morgan fingerprint density at radius 1 is 1.42 bits per heavy atom. The summed E-state index contributed by atoms with van der Waals surface area (Å²) < 4.78 is 30.2. The second kappa shape index (κ2) is 5.79. The molecule has 0 spiro atoms. The summed E-state index contributed by atoms with van der Waals surface area (Å²) in [6.45, 7) is 4.44. The number of aryl methyl sites for hydroxylation is 1. The van der Waals surface area contributed by atoms with Crippen molar-refractivity contribution in [1.82, 2.24) is 0 Å². The van der Waals surface area contributed by atoms with Gasteiger partial charge in [0.15, 0.2) is 0 Å². The van der Waals surface area contributed by atoms with Crippen LogP contribution in [0.4, 0.5) is 11.4 Å². The minimum atomic E-state index is -3.22. The molecular formula is C13H20N2O3S. The third-order valence-electron chi connectivity index (χ3n) is 3.14. The zero-order chi connectivity index (χ0) is 13.9. The van der Waals surface area contributed by atoms with Gasteiger partial charge in [-0.05, 0) is 37.1 Å². The first-order valence-corrected chi connectivity index (χ1v) is 8.23. The molecule has 0 bridgehead atoms. The molecule has 2 rings (SSSR count). The molecule has 1 unspecified atom stereocenters. The number of ether oxygens (including phenoxy) is 1. The van der Waals surface area contributed by atoms with E-state index in [1.807, 2.05) is 19.1 Å². The molecule has 0 radical (unpaired) electrons. The summed E-state index contributed by atoms with van der Waals surface area (Å²) >= 11 is 0. The lowest BCUT2D eigenvalue weighted by molar-refractivity contribution is 0.187. The van der Waals surface area contributed by atoms with Gasteiger partial charge in [0.1, 0.15) is 0 Å². The van der Waals surface area contributed by atoms with Crippen molar-refractivity contribution >= 4 is 21.4 Å². The van der Waals surface area contributed by atoms with E-state index in [1.165, 1.54) is 0 Å². The fraction of sp³-hybridized carbons (Fsp3) is 0.538. The number of nitrogens with one attached hydrogen (secondary N) is 2. The molecule has 1 aromatic carbocycles. The molecule has 0 aliphatic carbocycles. The van der Waals surface area contributed by atoms with Crippen molar-refractivity contribution < 1.29 is 13.2 Å². The quantitative estimate of drug-likeness (QED) is 0.865. The second-order valence-electron chi connectivity index (χ2n) is 5.01. The van der Waals surface area contributed by atoms with Crippen molar-refractivity contribution in [3.8, 4) is 0 Å². The predicted octanol–water partition coefficient (Wildman–Crippen LogP) is 1.81. The number of anilines is 2. The third-order valence-corrected chi connectivity index (χ3v) is 3.73. The Morgan fingerprint density at radius 2 is 2.21 bits per heavy atom. The van der Waals surface area contributed by atoms with Crippen LogP contribution in [0.15, 0.2) is 18.2 Å². The minimum Gasteiger partial charge on any atom is -0.385 e. The lowest BCUT2D eigenvalue weighted by atomic mass is 10.1. The maximum absolute atomic E-state index is 11.2. The van der Waals surface area contributed by atoms with E-state index in [2.05, 4.69) is 10.0 Å². The minimum absolute atomic E-state index is 0.564. The van der Waals surface area contributed by atoms with Crippen LogP contribution in [-0.2, 0) is 14.8 Å². The SMILES string of the molecule is Cc1cc(NCC2CCOC2)ccc1NS(C)(=O)=O. The molecule has 2 N–H and O–H groups in total. The van der Waals surface area contributed by atoms with E-state index in [-0.39, 0.29) is 0 Å². The second-order valence-corrected chi connectivity index (χ2v) is 6.76. The molecule has 1 aliphatic heterocycles. The Hall–Kier alpha value is -1.27. The Kier molecular flexibility index (Phi) is 4.31. The van der Waals surface area contributed by atoms with Crippen molar-refractivity contribution in [2.75, 3.05) is 36.1 Å². The highest BCUT2D eigenvalue weighted by molar-refractivity contribution is 7.92. The predicted molar refractivity (Wildman–Crippen MR) is 77.1 cm³/mol. The summed E-state index contributed by atoms with van der Waals surface area (Å²) in [5.74, 6) is 0.564. The van der Waals surface area contributed by atoms with Gasteiger partial charge in [-0.3, -0.25) is 4.72 Å². The van der Waals surface area contributed by atoms with E-state index in [9.17, 15) is 8.42 Å². The number of hydrogen-bond donors (Lipinski definition) is 2. The van der Waals surface area contributed by atoms with Crippen LogP contribution in [-0.4, -0.2) is 34.4 Å². The van der Waals surface area contributed by atoms with Crippen molar-refractivity contribution in [3.63, 3.8) is 0 Å². The van der Waals surface area contributed by atoms with Crippen LogP contribution in [0, 0.1) is 12.8 Å². The molecule has 1 heterocycles. The molecule has 0 saturated carbocycles. The zero-order valence-corrected chi connectivity index (χ0v) is 12.1. The highest BCUT2D eigenvalue weighted by atomic mass is 32.2. The van der Waals surface area contributed by atoms with E-state index in [4.69, 9.17) is 4.74 Å². The van der Waals surface area contributed by atoms with Crippen molar-refractivity contribution in [2.24, 2.45) is 5.92 Å². The zero-order valence-electron chi connectivity index (χ0n) is 11.3. The summed E-state index contributed by atoms with van der Waals surface area (Å²) in [7, 11) is -3.22. The van der Waals surface area contributed by atoms with Crippen LogP contribution >= 0.6 is 0 Å². The van der Waals surface area contributed by atoms with Gasteiger partial charge in [-0.25, -0.2) is 8.42 Å². The Balaban J connectivity index is 1.97. The number of rotatable bonds is 5. The molecule has 5 nitrogen and oxygen atoms in total. The number of benzene rings is 1. The Labute approximate surface area is 114 Å². The smallest absolute Gasteiger partial charge is 0.229 e. The van der Waals surface area contributed by atoms with Gasteiger partial charge < -0.3 is 10.1 Å². The highest BCUT2D eigenvalue weighted by Gasteiger charge is 2.15. The van der Waals surface area contributed by atoms with Gasteiger partial charge in [-0.2, -0.15) is 0 Å². The van der Waals surface area contributed by atoms with Crippen molar-refractivity contribution in [1.29, 1.82) is 0 Å². The first kappa shape index (κ1) is 14.1. The molecule has 106 valence electrons. The summed E-state index contributed by atoms with van der Waals surface area (Å²) in [5, 5.41) is 3.36. The summed E-state index contributed by atoms with van der Waals surface area (Å²) in [6, 6.07) is 5.61. The van der Waals surface area contributed by atoms with Crippen molar-refractivity contribution in [3.05, 3.63) is 23.8 Å². The van der Waals surface area contributed by atoms with Gasteiger partial charge in [0, 0.05) is 24.8 Å². The average Bonchev–Trinajstić information content (AvgIpc) is 2.81. The first-order chi connectivity index (χ1) is 8.94. The summed E-state index contributed by atoms with van der Waals surface area (Å²) in [4.78, 5) is 0. The molecule has 0 aromatic heterocycles. The van der Waals surface area contributed by atoms with Crippen LogP contribution in [0.5, 0.6) is 0 Å². The van der Waals surface area contributed by atoms with Gasteiger partial charge >= 0.3 is 0 Å². The molecular weight excluding hydrogens is 264 g/mol. The maximum Gasteiger partial charge on any atom is 0.229 e. The number of sulfonamides is 1.